The molecular formula is C9H18N2OS. The molecule has 0 saturated carbocycles. The first-order valence-corrected chi connectivity index (χ1v) is 4.90. The van der Waals surface area contributed by atoms with E-state index in [0.29, 0.717) is 23.9 Å². The summed E-state index contributed by atoms with van der Waals surface area (Å²) in [5.74, 6) is 0.532. The molecule has 3 N–H and O–H groups in total. The van der Waals surface area contributed by atoms with E-state index in [1.54, 1.807) is 0 Å². The van der Waals surface area contributed by atoms with Crippen molar-refractivity contribution in [2.45, 2.75) is 27.2 Å². The predicted molar refractivity (Wildman–Crippen MR) is 58.4 cm³/mol. The smallest absolute Gasteiger partial charge is 0.220 e. The first-order valence-electron chi connectivity index (χ1n) is 4.49. The zero-order chi connectivity index (χ0) is 10.4. The summed E-state index contributed by atoms with van der Waals surface area (Å²) < 4.78 is 0. The third-order valence-electron chi connectivity index (χ3n) is 1.68. The Morgan fingerprint density at radius 3 is 2.38 bits per heavy atom. The van der Waals surface area contributed by atoms with Crippen LogP contribution in [0.4, 0.5) is 0 Å². The lowest BCUT2D eigenvalue weighted by molar-refractivity contribution is -0.121. The molecule has 0 radical (unpaired) electrons. The Morgan fingerprint density at radius 2 is 2.00 bits per heavy atom. The Bertz CT molecular complexity index is 192. The summed E-state index contributed by atoms with van der Waals surface area (Å²) in [5.41, 5.74) is 5.40. The van der Waals surface area contributed by atoms with Crippen molar-refractivity contribution < 1.29 is 4.79 Å². The van der Waals surface area contributed by atoms with Crippen LogP contribution in [0.1, 0.15) is 27.2 Å². The molecular weight excluding hydrogens is 184 g/mol. The Kier molecular flexibility index (Phi) is 5.62. The van der Waals surface area contributed by atoms with Gasteiger partial charge >= 0.3 is 0 Å². The fourth-order valence-electron chi connectivity index (χ4n) is 0.810. The van der Waals surface area contributed by atoms with Crippen LogP contribution in [0.2, 0.25) is 0 Å². The second-order valence-corrected chi connectivity index (χ2v) is 4.18. The van der Waals surface area contributed by atoms with Gasteiger partial charge in [-0.05, 0) is 5.92 Å². The summed E-state index contributed by atoms with van der Waals surface area (Å²) in [6.07, 6.45) is 0.560. The number of amides is 1. The summed E-state index contributed by atoms with van der Waals surface area (Å²) in [6.45, 7) is 6.46. The number of hydrogen-bond donors (Lipinski definition) is 2. The van der Waals surface area contributed by atoms with Crippen LogP contribution < -0.4 is 11.1 Å². The standard InChI is InChI=1S/C9H18N2OS/c1-6(2)4-8(12)11-5-7(3)9(10)13/h6-7H,4-5H2,1-3H3,(H2,10,13)(H,11,12). The van der Waals surface area contributed by atoms with Crippen molar-refractivity contribution in [1.29, 1.82) is 0 Å². The number of carbonyl (C=O) groups excluding carboxylic acids is 1. The monoisotopic (exact) mass is 202 g/mol. The Hall–Kier alpha value is -0.640. The van der Waals surface area contributed by atoms with Crippen LogP contribution in [0.3, 0.4) is 0 Å². The van der Waals surface area contributed by atoms with Crippen molar-refractivity contribution >= 4 is 23.1 Å². The average molecular weight is 202 g/mol. The summed E-state index contributed by atoms with van der Waals surface area (Å²) in [4.78, 5) is 11.6. The van der Waals surface area contributed by atoms with Crippen molar-refractivity contribution in [3.05, 3.63) is 0 Å². The molecule has 1 unspecified atom stereocenters. The highest BCUT2D eigenvalue weighted by Crippen LogP contribution is 1.99. The van der Waals surface area contributed by atoms with Gasteiger partial charge in [-0.15, -0.1) is 0 Å². The normalized spacial score (nSPS) is 12.6. The fraction of sp³-hybridized carbons (Fsp3) is 0.778. The third kappa shape index (κ3) is 6.51. The van der Waals surface area contributed by atoms with E-state index in [-0.39, 0.29) is 11.8 Å². The molecule has 0 aromatic carbocycles. The number of carbonyl (C=O) groups is 1. The lowest BCUT2D eigenvalue weighted by Gasteiger charge is -2.11. The number of hydrogen-bond acceptors (Lipinski definition) is 2. The van der Waals surface area contributed by atoms with Crippen molar-refractivity contribution in [3.8, 4) is 0 Å². The van der Waals surface area contributed by atoms with E-state index in [2.05, 4.69) is 5.32 Å². The van der Waals surface area contributed by atoms with Crippen molar-refractivity contribution in [1.82, 2.24) is 5.32 Å². The van der Waals surface area contributed by atoms with E-state index < -0.39 is 0 Å². The summed E-state index contributed by atoms with van der Waals surface area (Å²) in [7, 11) is 0. The molecule has 0 aliphatic carbocycles. The van der Waals surface area contributed by atoms with Crippen LogP contribution in [0.25, 0.3) is 0 Å². The molecule has 0 aromatic rings. The predicted octanol–water partition coefficient (Wildman–Crippen LogP) is 1.07. The highest BCUT2D eigenvalue weighted by molar-refractivity contribution is 7.80. The molecule has 0 bridgehead atoms. The fourth-order valence-corrected chi connectivity index (χ4v) is 0.894. The van der Waals surface area contributed by atoms with Gasteiger partial charge in [0.1, 0.15) is 0 Å². The molecule has 1 atom stereocenters. The molecule has 0 saturated heterocycles. The lowest BCUT2D eigenvalue weighted by Crippen LogP contribution is -2.34. The highest BCUT2D eigenvalue weighted by atomic mass is 32.1. The average Bonchev–Trinajstić information content (AvgIpc) is 1.98. The van der Waals surface area contributed by atoms with E-state index in [1.807, 2.05) is 20.8 Å². The molecule has 4 heteroatoms. The zero-order valence-corrected chi connectivity index (χ0v) is 9.28. The van der Waals surface area contributed by atoms with E-state index in [4.69, 9.17) is 18.0 Å². The first-order chi connectivity index (χ1) is 5.93. The molecule has 0 aromatic heterocycles. The summed E-state index contributed by atoms with van der Waals surface area (Å²) in [6, 6.07) is 0. The van der Waals surface area contributed by atoms with Gasteiger partial charge < -0.3 is 11.1 Å². The van der Waals surface area contributed by atoms with E-state index >= 15 is 0 Å². The Morgan fingerprint density at radius 1 is 1.46 bits per heavy atom. The number of nitrogens with two attached hydrogens (primary N) is 1. The van der Waals surface area contributed by atoms with Crippen molar-refractivity contribution in [2.75, 3.05) is 6.54 Å². The molecule has 13 heavy (non-hydrogen) atoms. The maximum atomic E-state index is 11.2. The van der Waals surface area contributed by atoms with E-state index in [0.717, 1.165) is 0 Å². The van der Waals surface area contributed by atoms with Gasteiger partial charge in [-0.2, -0.15) is 0 Å². The molecule has 1 amide bonds. The molecule has 0 rings (SSSR count). The topological polar surface area (TPSA) is 55.1 Å². The summed E-state index contributed by atoms with van der Waals surface area (Å²) in [5, 5.41) is 2.79. The minimum absolute atomic E-state index is 0.0677. The summed E-state index contributed by atoms with van der Waals surface area (Å²) >= 11 is 4.78. The van der Waals surface area contributed by atoms with Crippen molar-refractivity contribution in [2.24, 2.45) is 17.6 Å². The number of rotatable bonds is 5. The van der Waals surface area contributed by atoms with Gasteiger partial charge in [0, 0.05) is 18.9 Å². The van der Waals surface area contributed by atoms with Gasteiger partial charge in [0.15, 0.2) is 0 Å². The van der Waals surface area contributed by atoms with Gasteiger partial charge in [0.05, 0.1) is 4.99 Å². The van der Waals surface area contributed by atoms with Gasteiger partial charge in [0.25, 0.3) is 0 Å². The second kappa shape index (κ2) is 5.91. The molecule has 0 spiro atoms. The molecule has 0 aliphatic heterocycles. The maximum Gasteiger partial charge on any atom is 0.220 e. The van der Waals surface area contributed by atoms with Crippen molar-refractivity contribution in [3.63, 3.8) is 0 Å². The highest BCUT2D eigenvalue weighted by Gasteiger charge is 2.08. The molecule has 0 aliphatic rings. The number of nitrogens with one attached hydrogen (secondary N) is 1. The van der Waals surface area contributed by atoms with Gasteiger partial charge in [0.2, 0.25) is 5.91 Å². The SMILES string of the molecule is CC(C)CC(=O)NCC(C)C(N)=S. The van der Waals surface area contributed by atoms with Crippen LogP contribution in [0.15, 0.2) is 0 Å². The van der Waals surface area contributed by atoms with E-state index in [1.165, 1.54) is 0 Å². The quantitative estimate of drug-likeness (QED) is 0.656. The molecule has 0 fully saturated rings. The second-order valence-electron chi connectivity index (χ2n) is 3.71. The van der Waals surface area contributed by atoms with Gasteiger partial charge in [-0.1, -0.05) is 33.0 Å². The van der Waals surface area contributed by atoms with Gasteiger partial charge in [-0.3, -0.25) is 4.79 Å². The number of thiocarbonyl (C=S) groups is 1. The zero-order valence-electron chi connectivity index (χ0n) is 8.46. The largest absolute Gasteiger partial charge is 0.393 e. The van der Waals surface area contributed by atoms with Crippen LogP contribution in [0, 0.1) is 11.8 Å². The Balaban J connectivity index is 3.64. The van der Waals surface area contributed by atoms with Crippen LogP contribution in [0.5, 0.6) is 0 Å². The first kappa shape index (κ1) is 12.4. The minimum atomic E-state index is 0.0677. The molecule has 0 heterocycles. The van der Waals surface area contributed by atoms with Gasteiger partial charge in [-0.25, -0.2) is 0 Å². The van der Waals surface area contributed by atoms with Crippen LogP contribution >= 0.6 is 12.2 Å². The molecule has 76 valence electrons. The Labute approximate surface area is 85.1 Å². The van der Waals surface area contributed by atoms with Crippen LogP contribution in [-0.4, -0.2) is 17.4 Å². The van der Waals surface area contributed by atoms with E-state index in [9.17, 15) is 4.79 Å². The molecule has 3 nitrogen and oxygen atoms in total. The van der Waals surface area contributed by atoms with Crippen LogP contribution in [-0.2, 0) is 4.79 Å². The maximum absolute atomic E-state index is 11.2. The third-order valence-corrected chi connectivity index (χ3v) is 2.09. The lowest BCUT2D eigenvalue weighted by atomic mass is 10.1. The minimum Gasteiger partial charge on any atom is -0.393 e.